The molecule has 80 valence electrons. The van der Waals surface area contributed by atoms with E-state index in [1.165, 1.54) is 6.42 Å². The molecule has 1 aliphatic heterocycles. The van der Waals surface area contributed by atoms with E-state index in [0.717, 1.165) is 35.0 Å². The second-order valence-corrected chi connectivity index (χ2v) is 5.55. The Morgan fingerprint density at radius 2 is 2.20 bits per heavy atom. The van der Waals surface area contributed by atoms with Gasteiger partial charge in [-0.1, -0.05) is 15.9 Å². The number of rotatable bonds is 0. The van der Waals surface area contributed by atoms with Crippen molar-refractivity contribution in [2.75, 3.05) is 0 Å². The standard InChI is InChI=1S/C12H14BrNO/c13-8-2-3-11-9(6-8)10(14)7-12(15-11)4-1-5-12/h2-3,6,10H,1,4-5,7,14H2/t10-/m0/s1. The molecular weight excluding hydrogens is 254 g/mol. The van der Waals surface area contributed by atoms with Crippen molar-refractivity contribution in [2.45, 2.75) is 37.3 Å². The third-order valence-electron chi connectivity index (χ3n) is 3.55. The zero-order valence-corrected chi connectivity index (χ0v) is 10.1. The Bertz CT molecular complexity index is 401. The van der Waals surface area contributed by atoms with Gasteiger partial charge in [0.15, 0.2) is 0 Å². The van der Waals surface area contributed by atoms with Crippen molar-refractivity contribution in [2.24, 2.45) is 5.73 Å². The maximum Gasteiger partial charge on any atom is 0.124 e. The zero-order valence-electron chi connectivity index (χ0n) is 8.50. The zero-order chi connectivity index (χ0) is 10.5. The summed E-state index contributed by atoms with van der Waals surface area (Å²) in [6, 6.07) is 6.25. The molecule has 0 aromatic heterocycles. The van der Waals surface area contributed by atoms with Gasteiger partial charge in [-0.2, -0.15) is 0 Å². The summed E-state index contributed by atoms with van der Waals surface area (Å²) < 4.78 is 7.15. The van der Waals surface area contributed by atoms with E-state index in [9.17, 15) is 0 Å². The van der Waals surface area contributed by atoms with Gasteiger partial charge in [0, 0.05) is 22.5 Å². The van der Waals surface area contributed by atoms with Gasteiger partial charge in [-0.05, 0) is 37.5 Å². The first-order valence-electron chi connectivity index (χ1n) is 5.43. The van der Waals surface area contributed by atoms with Crippen molar-refractivity contribution in [1.82, 2.24) is 0 Å². The molecule has 3 rings (SSSR count). The summed E-state index contributed by atoms with van der Waals surface area (Å²) in [5.41, 5.74) is 7.41. The second kappa shape index (κ2) is 3.22. The van der Waals surface area contributed by atoms with E-state index in [4.69, 9.17) is 10.5 Å². The van der Waals surface area contributed by atoms with Crippen molar-refractivity contribution < 1.29 is 4.74 Å². The van der Waals surface area contributed by atoms with Crippen LogP contribution in [0.5, 0.6) is 5.75 Å². The van der Waals surface area contributed by atoms with Crippen molar-refractivity contribution in [3.8, 4) is 5.75 Å². The highest BCUT2D eigenvalue weighted by Gasteiger charge is 2.44. The van der Waals surface area contributed by atoms with Crippen molar-refractivity contribution in [3.05, 3.63) is 28.2 Å². The molecule has 2 aliphatic rings. The third-order valence-corrected chi connectivity index (χ3v) is 4.05. The van der Waals surface area contributed by atoms with Crippen LogP contribution in [0, 0.1) is 0 Å². The molecule has 1 aromatic carbocycles. The molecular formula is C12H14BrNO. The number of nitrogens with two attached hydrogens (primary N) is 1. The summed E-state index contributed by atoms with van der Waals surface area (Å²) in [7, 11) is 0. The first-order valence-corrected chi connectivity index (χ1v) is 6.22. The normalized spacial score (nSPS) is 26.7. The lowest BCUT2D eigenvalue weighted by atomic mass is 9.73. The number of halogens is 1. The summed E-state index contributed by atoms with van der Waals surface area (Å²) in [6.07, 6.45) is 4.57. The first kappa shape index (κ1) is 9.67. The molecule has 0 unspecified atom stereocenters. The minimum Gasteiger partial charge on any atom is -0.487 e. The van der Waals surface area contributed by atoms with E-state index < -0.39 is 0 Å². The Hall–Kier alpha value is -0.540. The lowest BCUT2D eigenvalue weighted by molar-refractivity contribution is -0.0329. The van der Waals surface area contributed by atoms with Crippen molar-refractivity contribution in [3.63, 3.8) is 0 Å². The number of benzene rings is 1. The fraction of sp³-hybridized carbons (Fsp3) is 0.500. The number of hydrogen-bond donors (Lipinski definition) is 1. The van der Waals surface area contributed by atoms with E-state index in [-0.39, 0.29) is 11.6 Å². The Labute approximate surface area is 97.9 Å². The summed E-state index contributed by atoms with van der Waals surface area (Å²) in [4.78, 5) is 0. The molecule has 1 spiro atoms. The quantitative estimate of drug-likeness (QED) is 0.784. The van der Waals surface area contributed by atoms with Gasteiger partial charge in [-0.3, -0.25) is 0 Å². The fourth-order valence-corrected chi connectivity index (χ4v) is 2.94. The molecule has 1 aliphatic carbocycles. The van der Waals surface area contributed by atoms with Gasteiger partial charge in [-0.15, -0.1) is 0 Å². The molecule has 1 saturated carbocycles. The molecule has 0 saturated heterocycles. The van der Waals surface area contributed by atoms with Crippen LogP contribution < -0.4 is 10.5 Å². The molecule has 0 radical (unpaired) electrons. The average molecular weight is 268 g/mol. The summed E-state index contributed by atoms with van der Waals surface area (Å²) in [5, 5.41) is 0. The van der Waals surface area contributed by atoms with Crippen LogP contribution in [0.3, 0.4) is 0 Å². The monoisotopic (exact) mass is 267 g/mol. The summed E-state index contributed by atoms with van der Waals surface area (Å²) in [6.45, 7) is 0. The minimum absolute atomic E-state index is 0.0697. The lowest BCUT2D eigenvalue weighted by Crippen LogP contribution is -2.48. The van der Waals surface area contributed by atoms with Crippen LogP contribution in [-0.4, -0.2) is 5.60 Å². The number of fused-ring (bicyclic) bond motifs is 1. The van der Waals surface area contributed by atoms with Crippen LogP contribution in [0.25, 0.3) is 0 Å². The molecule has 1 heterocycles. The molecule has 3 heteroatoms. The SMILES string of the molecule is N[C@H]1CC2(CCC2)Oc2ccc(Br)cc21. The third kappa shape index (κ3) is 1.49. The predicted molar refractivity (Wildman–Crippen MR) is 62.9 cm³/mol. The topological polar surface area (TPSA) is 35.2 Å². The van der Waals surface area contributed by atoms with Crippen LogP contribution in [0.2, 0.25) is 0 Å². The maximum atomic E-state index is 6.20. The van der Waals surface area contributed by atoms with E-state index in [2.05, 4.69) is 22.0 Å². The molecule has 2 nitrogen and oxygen atoms in total. The Kier molecular flexibility index (Phi) is 2.08. The highest BCUT2D eigenvalue weighted by molar-refractivity contribution is 9.10. The molecule has 0 amide bonds. The van der Waals surface area contributed by atoms with Crippen molar-refractivity contribution in [1.29, 1.82) is 0 Å². The van der Waals surface area contributed by atoms with Crippen LogP contribution in [0.1, 0.15) is 37.3 Å². The summed E-state index contributed by atoms with van der Waals surface area (Å²) >= 11 is 3.47. The summed E-state index contributed by atoms with van der Waals surface area (Å²) in [5.74, 6) is 0.983. The van der Waals surface area contributed by atoms with E-state index in [1.807, 2.05) is 12.1 Å². The molecule has 1 fully saturated rings. The smallest absolute Gasteiger partial charge is 0.124 e. The predicted octanol–water partition coefficient (Wildman–Crippen LogP) is 3.15. The Morgan fingerprint density at radius 1 is 1.40 bits per heavy atom. The first-order chi connectivity index (χ1) is 7.19. The van der Waals surface area contributed by atoms with Gasteiger partial charge in [0.1, 0.15) is 11.4 Å². The minimum atomic E-state index is 0.0697. The molecule has 15 heavy (non-hydrogen) atoms. The Balaban J connectivity index is 2.01. The van der Waals surface area contributed by atoms with E-state index in [1.54, 1.807) is 0 Å². The van der Waals surface area contributed by atoms with Gasteiger partial charge in [-0.25, -0.2) is 0 Å². The maximum absolute atomic E-state index is 6.20. The molecule has 1 atom stereocenters. The Morgan fingerprint density at radius 3 is 2.87 bits per heavy atom. The van der Waals surface area contributed by atoms with Crippen molar-refractivity contribution >= 4 is 15.9 Å². The lowest BCUT2D eigenvalue weighted by Gasteiger charge is -2.47. The van der Waals surface area contributed by atoms with Gasteiger partial charge < -0.3 is 10.5 Å². The highest BCUT2D eigenvalue weighted by atomic mass is 79.9. The number of hydrogen-bond acceptors (Lipinski definition) is 2. The van der Waals surface area contributed by atoms with Gasteiger partial charge >= 0.3 is 0 Å². The highest BCUT2D eigenvalue weighted by Crippen LogP contribution is 2.48. The van der Waals surface area contributed by atoms with Gasteiger partial charge in [0.25, 0.3) is 0 Å². The van der Waals surface area contributed by atoms with Crippen LogP contribution in [-0.2, 0) is 0 Å². The van der Waals surface area contributed by atoms with Gasteiger partial charge in [0.2, 0.25) is 0 Å². The number of ether oxygens (including phenoxy) is 1. The van der Waals surface area contributed by atoms with Crippen LogP contribution >= 0.6 is 15.9 Å². The fourth-order valence-electron chi connectivity index (χ4n) is 2.56. The molecule has 1 aromatic rings. The van der Waals surface area contributed by atoms with Crippen LogP contribution in [0.15, 0.2) is 22.7 Å². The second-order valence-electron chi connectivity index (χ2n) is 4.63. The van der Waals surface area contributed by atoms with Crippen LogP contribution in [0.4, 0.5) is 0 Å². The average Bonchev–Trinajstić information content (AvgIpc) is 2.16. The van der Waals surface area contributed by atoms with Gasteiger partial charge in [0.05, 0.1) is 0 Å². The van der Waals surface area contributed by atoms with E-state index in [0.29, 0.717) is 0 Å². The largest absolute Gasteiger partial charge is 0.487 e. The molecule has 2 N–H and O–H groups in total. The van der Waals surface area contributed by atoms with E-state index >= 15 is 0 Å². The molecule has 0 bridgehead atoms.